The monoisotopic (exact) mass is 349 g/mol. The lowest BCUT2D eigenvalue weighted by molar-refractivity contribution is -0.897. The molecule has 0 saturated carbocycles. The first kappa shape index (κ1) is 18.5. The number of para-hydroxylation sites is 1. The topological polar surface area (TPSA) is 59.8 Å². The van der Waals surface area contributed by atoms with E-state index in [4.69, 9.17) is 4.74 Å². The Labute approximate surface area is 147 Å². The second-order valence-electron chi connectivity index (χ2n) is 5.87. The van der Waals surface area contributed by atoms with Gasteiger partial charge in [-0.15, -0.1) is 18.3 Å². The van der Waals surface area contributed by atoms with E-state index in [0.717, 1.165) is 42.3 Å². The van der Waals surface area contributed by atoms with Crippen LogP contribution in [0.5, 0.6) is 0 Å². The molecule has 1 aliphatic heterocycles. The fourth-order valence-corrected chi connectivity index (χ4v) is 3.62. The molecular weight excluding hydrogens is 324 g/mol. The van der Waals surface area contributed by atoms with Gasteiger partial charge in [0.25, 0.3) is 5.91 Å². The minimum atomic E-state index is -0.133. The maximum Gasteiger partial charge on any atom is 0.309 e. The normalized spacial score (nSPS) is 20.2. The number of anilines is 1. The van der Waals surface area contributed by atoms with Crippen LogP contribution >= 0.6 is 11.8 Å². The van der Waals surface area contributed by atoms with Crippen LogP contribution in [0.4, 0.5) is 5.69 Å². The summed E-state index contributed by atoms with van der Waals surface area (Å²) in [6.45, 7) is 5.79. The molecule has 1 aromatic rings. The third-order valence-corrected chi connectivity index (χ3v) is 5.22. The minimum Gasteiger partial charge on any atom is -0.469 e. The summed E-state index contributed by atoms with van der Waals surface area (Å²) in [5, 5.41) is 3.01. The van der Waals surface area contributed by atoms with Gasteiger partial charge in [0.05, 0.1) is 31.8 Å². The molecule has 1 fully saturated rings. The molecule has 0 aromatic heterocycles. The lowest BCUT2D eigenvalue weighted by Crippen LogP contribution is -3.14. The Balaban J connectivity index is 1.84. The Bertz CT molecular complexity index is 583. The van der Waals surface area contributed by atoms with Crippen LogP contribution in [0.2, 0.25) is 0 Å². The van der Waals surface area contributed by atoms with Gasteiger partial charge in [0.2, 0.25) is 0 Å². The number of benzene rings is 1. The van der Waals surface area contributed by atoms with Gasteiger partial charge in [-0.1, -0.05) is 18.2 Å². The molecule has 1 heterocycles. The number of quaternary nitrogens is 1. The van der Waals surface area contributed by atoms with E-state index < -0.39 is 0 Å². The van der Waals surface area contributed by atoms with Crippen LogP contribution in [0, 0.1) is 5.92 Å². The van der Waals surface area contributed by atoms with Gasteiger partial charge in [-0.05, 0) is 12.1 Å². The van der Waals surface area contributed by atoms with Crippen LogP contribution in [0.25, 0.3) is 0 Å². The predicted molar refractivity (Wildman–Crippen MR) is 96.3 cm³/mol. The quantitative estimate of drug-likeness (QED) is 0.443. The second kappa shape index (κ2) is 9.49. The standard InChI is InChI=1S/C18H24N2O3S/c1-3-12-24-16-7-5-4-6-15(16)19-17(21)13-20-10-8-14(9-11-20)18(22)23-2/h3-7,14H,1,8-13H2,2H3,(H,19,21)/p+1. The van der Waals surface area contributed by atoms with Crippen molar-refractivity contribution in [1.29, 1.82) is 0 Å². The molecule has 2 rings (SSSR count). The lowest BCUT2D eigenvalue weighted by atomic mass is 9.97. The van der Waals surface area contributed by atoms with Crippen molar-refractivity contribution in [2.24, 2.45) is 5.92 Å². The van der Waals surface area contributed by atoms with E-state index in [1.807, 2.05) is 30.3 Å². The molecule has 0 bridgehead atoms. The first-order valence-corrected chi connectivity index (χ1v) is 9.16. The summed E-state index contributed by atoms with van der Waals surface area (Å²) in [5.41, 5.74) is 0.846. The van der Waals surface area contributed by atoms with E-state index in [2.05, 4.69) is 11.9 Å². The van der Waals surface area contributed by atoms with Gasteiger partial charge in [0.15, 0.2) is 6.54 Å². The highest BCUT2D eigenvalue weighted by molar-refractivity contribution is 7.99. The van der Waals surface area contributed by atoms with Crippen LogP contribution in [0.3, 0.4) is 0 Å². The van der Waals surface area contributed by atoms with Crippen LogP contribution < -0.4 is 10.2 Å². The molecule has 0 radical (unpaired) electrons. The van der Waals surface area contributed by atoms with E-state index in [1.54, 1.807) is 11.8 Å². The number of methoxy groups -OCH3 is 1. The summed E-state index contributed by atoms with van der Waals surface area (Å²) >= 11 is 1.65. The van der Waals surface area contributed by atoms with Gasteiger partial charge < -0.3 is 15.0 Å². The highest BCUT2D eigenvalue weighted by atomic mass is 32.2. The van der Waals surface area contributed by atoms with Crippen molar-refractivity contribution in [2.45, 2.75) is 17.7 Å². The molecule has 1 saturated heterocycles. The van der Waals surface area contributed by atoms with Crippen molar-refractivity contribution >= 4 is 29.3 Å². The number of carbonyl (C=O) groups is 2. The molecule has 130 valence electrons. The number of nitrogens with one attached hydrogen (secondary N) is 2. The highest BCUT2D eigenvalue weighted by Gasteiger charge is 2.29. The van der Waals surface area contributed by atoms with Gasteiger partial charge in [-0.2, -0.15) is 0 Å². The Morgan fingerprint density at radius 1 is 1.38 bits per heavy atom. The second-order valence-corrected chi connectivity index (χ2v) is 6.93. The Morgan fingerprint density at radius 3 is 2.75 bits per heavy atom. The summed E-state index contributed by atoms with van der Waals surface area (Å²) in [6, 6.07) is 7.80. The van der Waals surface area contributed by atoms with Gasteiger partial charge >= 0.3 is 5.97 Å². The molecule has 0 atom stereocenters. The average Bonchev–Trinajstić information content (AvgIpc) is 2.61. The largest absolute Gasteiger partial charge is 0.469 e. The number of rotatable bonds is 7. The van der Waals surface area contributed by atoms with Crippen LogP contribution in [0.15, 0.2) is 41.8 Å². The van der Waals surface area contributed by atoms with E-state index in [9.17, 15) is 9.59 Å². The summed E-state index contributed by atoms with van der Waals surface area (Å²) in [5.74, 6) is 0.664. The maximum atomic E-state index is 12.3. The number of amides is 1. The molecular formula is C18H25N2O3S+. The number of piperidine rings is 1. The van der Waals surface area contributed by atoms with Crippen molar-refractivity contribution in [3.05, 3.63) is 36.9 Å². The van der Waals surface area contributed by atoms with Crippen molar-refractivity contribution in [2.75, 3.05) is 37.8 Å². The zero-order valence-electron chi connectivity index (χ0n) is 14.0. The number of carbonyl (C=O) groups excluding carboxylic acids is 2. The number of likely N-dealkylation sites (tertiary alicyclic amines) is 1. The van der Waals surface area contributed by atoms with Gasteiger partial charge in [-0.25, -0.2) is 0 Å². The smallest absolute Gasteiger partial charge is 0.309 e. The van der Waals surface area contributed by atoms with Gasteiger partial charge in [0, 0.05) is 23.5 Å². The van der Waals surface area contributed by atoms with Gasteiger partial charge in [0.1, 0.15) is 0 Å². The summed E-state index contributed by atoms with van der Waals surface area (Å²) < 4.78 is 4.79. The molecule has 1 amide bonds. The van der Waals surface area contributed by atoms with Crippen molar-refractivity contribution in [3.63, 3.8) is 0 Å². The molecule has 0 aliphatic carbocycles. The third-order valence-electron chi connectivity index (χ3n) is 4.16. The molecule has 1 aromatic carbocycles. The van der Waals surface area contributed by atoms with E-state index in [1.165, 1.54) is 12.0 Å². The summed E-state index contributed by atoms with van der Waals surface area (Å²) in [6.07, 6.45) is 3.40. The summed E-state index contributed by atoms with van der Waals surface area (Å²) in [7, 11) is 1.43. The summed E-state index contributed by atoms with van der Waals surface area (Å²) in [4.78, 5) is 26.1. The first-order valence-electron chi connectivity index (χ1n) is 8.18. The zero-order chi connectivity index (χ0) is 17.4. The Kier molecular flexibility index (Phi) is 7.34. The van der Waals surface area contributed by atoms with E-state index in [0.29, 0.717) is 6.54 Å². The number of ether oxygens (including phenoxy) is 1. The van der Waals surface area contributed by atoms with E-state index in [-0.39, 0.29) is 17.8 Å². The number of hydrogen-bond donors (Lipinski definition) is 2. The first-order chi connectivity index (χ1) is 11.6. The molecule has 6 heteroatoms. The number of hydrogen-bond acceptors (Lipinski definition) is 4. The molecule has 2 N–H and O–H groups in total. The molecule has 5 nitrogen and oxygen atoms in total. The zero-order valence-corrected chi connectivity index (χ0v) is 14.9. The maximum absolute atomic E-state index is 12.3. The van der Waals surface area contributed by atoms with Crippen LogP contribution in [-0.4, -0.2) is 44.4 Å². The van der Waals surface area contributed by atoms with Crippen molar-refractivity contribution in [1.82, 2.24) is 0 Å². The molecule has 0 unspecified atom stereocenters. The number of thioether (sulfide) groups is 1. The van der Waals surface area contributed by atoms with Crippen molar-refractivity contribution < 1.29 is 19.2 Å². The Hall–Kier alpha value is -1.79. The van der Waals surface area contributed by atoms with Crippen LogP contribution in [-0.2, 0) is 14.3 Å². The van der Waals surface area contributed by atoms with Crippen LogP contribution in [0.1, 0.15) is 12.8 Å². The molecule has 24 heavy (non-hydrogen) atoms. The average molecular weight is 349 g/mol. The van der Waals surface area contributed by atoms with Gasteiger partial charge in [-0.3, -0.25) is 9.59 Å². The SMILES string of the molecule is C=CCSc1ccccc1NC(=O)C[NH+]1CCC(C(=O)OC)CC1. The highest BCUT2D eigenvalue weighted by Crippen LogP contribution is 2.26. The number of esters is 1. The Morgan fingerprint density at radius 2 is 2.08 bits per heavy atom. The van der Waals surface area contributed by atoms with E-state index >= 15 is 0 Å². The minimum absolute atomic E-state index is 0.00757. The fourth-order valence-electron chi connectivity index (χ4n) is 2.87. The fraction of sp³-hybridized carbons (Fsp3) is 0.444. The van der Waals surface area contributed by atoms with Crippen molar-refractivity contribution in [3.8, 4) is 0 Å². The predicted octanol–water partition coefficient (Wildman–Crippen LogP) is 1.37. The molecule has 0 spiro atoms. The molecule has 1 aliphatic rings. The lowest BCUT2D eigenvalue weighted by Gasteiger charge is -2.27. The third kappa shape index (κ3) is 5.39.